The average molecular weight is 289 g/mol. The van der Waals surface area contributed by atoms with Gasteiger partial charge in [-0.2, -0.15) is 9.37 Å². The summed E-state index contributed by atoms with van der Waals surface area (Å²) in [5.74, 6) is -0.176. The molecule has 0 unspecified atom stereocenters. The van der Waals surface area contributed by atoms with Crippen molar-refractivity contribution in [3.63, 3.8) is 0 Å². The second-order valence-electron chi connectivity index (χ2n) is 3.82. The minimum Gasteiger partial charge on any atom is -0.478 e. The van der Waals surface area contributed by atoms with Crippen LogP contribution in [0.3, 0.4) is 0 Å². The molecule has 0 aliphatic carbocycles. The third-order valence-electron chi connectivity index (χ3n) is 2.59. The number of hydrogen-bond acceptors (Lipinski definition) is 3. The highest BCUT2D eigenvalue weighted by Crippen LogP contribution is 2.17. The highest BCUT2D eigenvalue weighted by atomic mass is 79.9. The molecule has 5 heteroatoms. The van der Waals surface area contributed by atoms with Crippen LogP contribution < -0.4 is 4.74 Å². The van der Waals surface area contributed by atoms with E-state index in [9.17, 15) is 4.39 Å². The molecule has 1 fully saturated rings. The van der Waals surface area contributed by atoms with Crippen LogP contribution >= 0.6 is 15.9 Å². The quantitative estimate of drug-likeness (QED) is 0.615. The van der Waals surface area contributed by atoms with Gasteiger partial charge in [0.05, 0.1) is 11.1 Å². The fourth-order valence-electron chi connectivity index (χ4n) is 1.55. The smallest absolute Gasteiger partial charge is 0.230 e. The first-order valence-electron chi connectivity index (χ1n) is 5.43. The van der Waals surface area contributed by atoms with Crippen LogP contribution in [0.15, 0.2) is 16.6 Å². The van der Waals surface area contributed by atoms with Gasteiger partial charge < -0.3 is 9.64 Å². The maximum Gasteiger partial charge on any atom is 0.230 e. The largest absolute Gasteiger partial charge is 0.478 e. The predicted octanol–water partition coefficient (Wildman–Crippen LogP) is 2.46. The van der Waals surface area contributed by atoms with Gasteiger partial charge in [-0.05, 0) is 47.9 Å². The third-order valence-corrected chi connectivity index (χ3v) is 3.19. The number of pyridine rings is 1. The molecule has 1 aliphatic heterocycles. The number of ether oxygens (including phenoxy) is 1. The van der Waals surface area contributed by atoms with Crippen LogP contribution in [-0.2, 0) is 0 Å². The zero-order valence-corrected chi connectivity index (χ0v) is 10.5. The van der Waals surface area contributed by atoms with Crippen molar-refractivity contribution >= 4 is 15.9 Å². The van der Waals surface area contributed by atoms with Crippen molar-refractivity contribution in [3.05, 3.63) is 22.6 Å². The van der Waals surface area contributed by atoms with Crippen LogP contribution in [0.1, 0.15) is 12.8 Å². The Morgan fingerprint density at radius 2 is 2.25 bits per heavy atom. The van der Waals surface area contributed by atoms with Crippen LogP contribution in [0.2, 0.25) is 0 Å². The monoisotopic (exact) mass is 288 g/mol. The standard InChI is InChI=1S/C11H14BrFN2O/c12-9-3-4-10(14-11(9)13)16-8-2-7-15-5-1-6-15/h3-4H,1-2,5-8H2. The van der Waals surface area contributed by atoms with Gasteiger partial charge in [0.2, 0.25) is 11.8 Å². The Kier molecular flexibility index (Phi) is 4.12. The Morgan fingerprint density at radius 1 is 1.44 bits per heavy atom. The second-order valence-corrected chi connectivity index (χ2v) is 4.67. The van der Waals surface area contributed by atoms with E-state index in [1.165, 1.54) is 19.5 Å². The maximum absolute atomic E-state index is 13.0. The van der Waals surface area contributed by atoms with Gasteiger partial charge in [-0.15, -0.1) is 0 Å². The third kappa shape index (κ3) is 3.15. The summed E-state index contributed by atoms with van der Waals surface area (Å²) in [5.41, 5.74) is 0. The van der Waals surface area contributed by atoms with Gasteiger partial charge in [0.25, 0.3) is 0 Å². The SMILES string of the molecule is Fc1nc(OCCCN2CCC2)ccc1Br. The lowest BCUT2D eigenvalue weighted by Gasteiger charge is -2.30. The molecule has 0 atom stereocenters. The van der Waals surface area contributed by atoms with Crippen molar-refractivity contribution in [3.8, 4) is 5.88 Å². The summed E-state index contributed by atoms with van der Waals surface area (Å²) in [6, 6.07) is 3.27. The molecule has 0 spiro atoms. The summed E-state index contributed by atoms with van der Waals surface area (Å²) in [6.07, 6.45) is 2.26. The van der Waals surface area contributed by atoms with Crippen molar-refractivity contribution in [2.45, 2.75) is 12.8 Å². The number of nitrogens with zero attached hydrogens (tertiary/aromatic N) is 2. The summed E-state index contributed by atoms with van der Waals surface area (Å²) in [7, 11) is 0. The first kappa shape index (κ1) is 11.8. The summed E-state index contributed by atoms with van der Waals surface area (Å²) in [5, 5.41) is 0. The van der Waals surface area contributed by atoms with Crippen molar-refractivity contribution in [2.24, 2.45) is 0 Å². The molecule has 0 aromatic carbocycles. The summed E-state index contributed by atoms with van der Waals surface area (Å²) >= 11 is 3.05. The van der Waals surface area contributed by atoms with Gasteiger partial charge in [0.1, 0.15) is 0 Å². The van der Waals surface area contributed by atoms with E-state index in [0.717, 1.165) is 13.0 Å². The molecule has 16 heavy (non-hydrogen) atoms. The Morgan fingerprint density at radius 3 is 2.88 bits per heavy atom. The van der Waals surface area contributed by atoms with Crippen molar-refractivity contribution in [2.75, 3.05) is 26.2 Å². The molecule has 0 N–H and O–H groups in total. The minimum atomic E-state index is -0.528. The summed E-state index contributed by atoms with van der Waals surface area (Å²) < 4.78 is 18.8. The Labute approximate surface area is 103 Å². The van der Waals surface area contributed by atoms with E-state index in [4.69, 9.17) is 4.74 Å². The number of likely N-dealkylation sites (tertiary alicyclic amines) is 1. The Bertz CT molecular complexity index is 358. The number of halogens is 2. The van der Waals surface area contributed by atoms with Gasteiger partial charge in [-0.25, -0.2) is 0 Å². The molecular formula is C11H14BrFN2O. The van der Waals surface area contributed by atoms with Crippen molar-refractivity contribution < 1.29 is 9.13 Å². The molecule has 0 bridgehead atoms. The van der Waals surface area contributed by atoms with Crippen molar-refractivity contribution in [1.29, 1.82) is 0 Å². The first-order valence-corrected chi connectivity index (χ1v) is 6.22. The Hall–Kier alpha value is -0.680. The molecule has 88 valence electrons. The molecule has 0 radical (unpaired) electrons. The maximum atomic E-state index is 13.0. The van der Waals surface area contributed by atoms with Gasteiger partial charge in [-0.1, -0.05) is 0 Å². The van der Waals surface area contributed by atoms with E-state index in [0.29, 0.717) is 17.0 Å². The van der Waals surface area contributed by atoms with Crippen LogP contribution in [0, 0.1) is 5.95 Å². The van der Waals surface area contributed by atoms with Gasteiger partial charge in [-0.3, -0.25) is 0 Å². The zero-order valence-electron chi connectivity index (χ0n) is 8.96. The van der Waals surface area contributed by atoms with Crippen LogP contribution in [-0.4, -0.2) is 36.1 Å². The molecule has 1 aliphatic rings. The molecule has 1 saturated heterocycles. The fourth-order valence-corrected chi connectivity index (χ4v) is 1.77. The summed E-state index contributed by atoms with van der Waals surface area (Å²) in [6.45, 7) is 4.04. The molecule has 1 aromatic rings. The highest BCUT2D eigenvalue weighted by Gasteiger charge is 2.12. The van der Waals surface area contributed by atoms with E-state index >= 15 is 0 Å². The molecule has 0 amide bonds. The first-order chi connectivity index (χ1) is 7.75. The van der Waals surface area contributed by atoms with E-state index in [2.05, 4.69) is 25.8 Å². The lowest BCUT2D eigenvalue weighted by atomic mass is 10.2. The molecule has 2 rings (SSSR count). The van der Waals surface area contributed by atoms with Gasteiger partial charge in [0.15, 0.2) is 0 Å². The fraction of sp³-hybridized carbons (Fsp3) is 0.545. The average Bonchev–Trinajstić information content (AvgIpc) is 2.20. The van der Waals surface area contributed by atoms with Crippen LogP contribution in [0.4, 0.5) is 4.39 Å². The normalized spacial score (nSPS) is 15.9. The number of hydrogen-bond donors (Lipinski definition) is 0. The predicted molar refractivity (Wildman–Crippen MR) is 63.1 cm³/mol. The van der Waals surface area contributed by atoms with Crippen molar-refractivity contribution in [1.82, 2.24) is 9.88 Å². The number of aromatic nitrogens is 1. The lowest BCUT2D eigenvalue weighted by Crippen LogP contribution is -2.38. The second kappa shape index (κ2) is 5.59. The lowest BCUT2D eigenvalue weighted by molar-refractivity contribution is 0.164. The van der Waals surface area contributed by atoms with Crippen LogP contribution in [0.5, 0.6) is 5.88 Å². The molecule has 2 heterocycles. The minimum absolute atomic E-state index is 0.351. The van der Waals surface area contributed by atoms with E-state index in [1.54, 1.807) is 12.1 Å². The van der Waals surface area contributed by atoms with E-state index in [1.807, 2.05) is 0 Å². The number of rotatable bonds is 5. The van der Waals surface area contributed by atoms with E-state index < -0.39 is 5.95 Å². The zero-order chi connectivity index (χ0) is 11.4. The Balaban J connectivity index is 1.69. The van der Waals surface area contributed by atoms with Crippen LogP contribution in [0.25, 0.3) is 0 Å². The molecule has 3 nitrogen and oxygen atoms in total. The van der Waals surface area contributed by atoms with Gasteiger partial charge >= 0.3 is 0 Å². The highest BCUT2D eigenvalue weighted by molar-refractivity contribution is 9.10. The summed E-state index contributed by atoms with van der Waals surface area (Å²) in [4.78, 5) is 6.05. The topological polar surface area (TPSA) is 25.4 Å². The van der Waals surface area contributed by atoms with E-state index in [-0.39, 0.29) is 0 Å². The molecule has 1 aromatic heterocycles. The molecule has 0 saturated carbocycles. The van der Waals surface area contributed by atoms with Gasteiger partial charge in [0, 0.05) is 12.6 Å². The molecular weight excluding hydrogens is 275 g/mol.